The number of hydrogen-bond acceptors (Lipinski definition) is 4. The average Bonchev–Trinajstić information content (AvgIpc) is 2.42. The number of piperazine rings is 1. The molecule has 0 unspecified atom stereocenters. The van der Waals surface area contributed by atoms with Gasteiger partial charge < -0.3 is 5.32 Å². The van der Waals surface area contributed by atoms with Crippen LogP contribution in [0.4, 0.5) is 0 Å². The minimum Gasteiger partial charge on any atom is -0.355 e. The summed E-state index contributed by atoms with van der Waals surface area (Å²) in [4.78, 5) is 16.6. The summed E-state index contributed by atoms with van der Waals surface area (Å²) in [7, 11) is 0. The summed E-state index contributed by atoms with van der Waals surface area (Å²) in [5, 5.41) is 11.9. The highest BCUT2D eigenvalue weighted by molar-refractivity contribution is 5.81. The molecule has 0 aromatic heterocycles. The molecule has 0 spiro atoms. The van der Waals surface area contributed by atoms with Crippen molar-refractivity contribution < 1.29 is 4.79 Å². The maximum atomic E-state index is 12.1. The first-order valence-corrected chi connectivity index (χ1v) is 7.65. The van der Waals surface area contributed by atoms with E-state index in [1.165, 1.54) is 0 Å². The highest BCUT2D eigenvalue weighted by Crippen LogP contribution is 2.17. The van der Waals surface area contributed by atoms with Crippen LogP contribution in [-0.4, -0.2) is 60.0 Å². The topological polar surface area (TPSA) is 59.4 Å². The molecule has 3 atom stereocenters. The van der Waals surface area contributed by atoms with Crippen LogP contribution >= 0.6 is 0 Å². The summed E-state index contributed by atoms with van der Waals surface area (Å²) in [6.45, 7) is 11.3. The Morgan fingerprint density at radius 3 is 2.50 bits per heavy atom. The van der Waals surface area contributed by atoms with Crippen molar-refractivity contribution in [3.63, 3.8) is 0 Å². The van der Waals surface area contributed by atoms with Gasteiger partial charge in [-0.2, -0.15) is 5.26 Å². The van der Waals surface area contributed by atoms with E-state index < -0.39 is 0 Å². The van der Waals surface area contributed by atoms with Crippen LogP contribution in [0.1, 0.15) is 40.5 Å². The fourth-order valence-electron chi connectivity index (χ4n) is 2.81. The number of rotatable bonds is 6. The SMILES string of the molecule is CCCCNC(=O)[C@H](C)N1C[C@@H](C)N(CC#N)[C@@H](C)C1. The standard InChI is InChI=1S/C15H28N4O/c1-5-6-8-17-15(20)14(4)18-10-12(2)19(9-7-16)13(3)11-18/h12-14H,5-6,8-11H2,1-4H3,(H,17,20)/t12-,13+,14-/m0/s1. The fourth-order valence-corrected chi connectivity index (χ4v) is 2.81. The lowest BCUT2D eigenvalue weighted by Crippen LogP contribution is -2.60. The smallest absolute Gasteiger partial charge is 0.237 e. The van der Waals surface area contributed by atoms with Crippen molar-refractivity contribution in [3.8, 4) is 6.07 Å². The van der Waals surface area contributed by atoms with E-state index in [0.717, 1.165) is 32.5 Å². The molecule has 0 aromatic rings. The van der Waals surface area contributed by atoms with E-state index in [9.17, 15) is 4.79 Å². The zero-order valence-electron chi connectivity index (χ0n) is 13.2. The first-order valence-electron chi connectivity index (χ1n) is 7.65. The van der Waals surface area contributed by atoms with E-state index in [0.29, 0.717) is 18.6 Å². The van der Waals surface area contributed by atoms with Crippen LogP contribution in [0.15, 0.2) is 0 Å². The first-order chi connectivity index (χ1) is 9.51. The highest BCUT2D eigenvalue weighted by atomic mass is 16.2. The lowest BCUT2D eigenvalue weighted by molar-refractivity contribution is -0.127. The van der Waals surface area contributed by atoms with Gasteiger partial charge in [0.1, 0.15) is 0 Å². The summed E-state index contributed by atoms with van der Waals surface area (Å²) >= 11 is 0. The Balaban J connectivity index is 2.52. The van der Waals surface area contributed by atoms with Gasteiger partial charge >= 0.3 is 0 Å². The third-order valence-electron chi connectivity index (χ3n) is 4.14. The summed E-state index contributed by atoms with van der Waals surface area (Å²) < 4.78 is 0. The number of carbonyl (C=O) groups is 1. The Morgan fingerprint density at radius 2 is 2.00 bits per heavy atom. The predicted octanol–water partition coefficient (Wildman–Crippen LogP) is 1.21. The number of nitriles is 1. The molecule has 1 rings (SSSR count). The number of nitrogens with one attached hydrogen (secondary N) is 1. The summed E-state index contributed by atoms with van der Waals surface area (Å²) in [5.74, 6) is 0.117. The fraction of sp³-hybridized carbons (Fsp3) is 0.867. The Kier molecular flexibility index (Phi) is 6.97. The zero-order valence-corrected chi connectivity index (χ0v) is 13.2. The zero-order chi connectivity index (χ0) is 15.1. The highest BCUT2D eigenvalue weighted by Gasteiger charge is 2.33. The lowest BCUT2D eigenvalue weighted by atomic mass is 10.1. The number of amides is 1. The van der Waals surface area contributed by atoms with E-state index in [-0.39, 0.29) is 11.9 Å². The molecule has 5 nitrogen and oxygen atoms in total. The van der Waals surface area contributed by atoms with Gasteiger partial charge in [0.05, 0.1) is 18.7 Å². The van der Waals surface area contributed by atoms with Gasteiger partial charge in [0, 0.05) is 31.7 Å². The van der Waals surface area contributed by atoms with E-state index in [2.05, 4.69) is 42.0 Å². The Bertz CT molecular complexity index is 340. The number of carbonyl (C=O) groups excluding carboxylic acids is 1. The maximum absolute atomic E-state index is 12.1. The van der Waals surface area contributed by atoms with Crippen molar-refractivity contribution in [2.24, 2.45) is 0 Å². The normalized spacial score (nSPS) is 25.9. The molecule has 114 valence electrons. The molecule has 1 N–H and O–H groups in total. The molecule has 1 heterocycles. The summed E-state index contributed by atoms with van der Waals surface area (Å²) in [5.41, 5.74) is 0. The minimum absolute atomic E-state index is 0.0963. The average molecular weight is 280 g/mol. The third-order valence-corrected chi connectivity index (χ3v) is 4.14. The molecule has 1 aliphatic rings. The van der Waals surface area contributed by atoms with Gasteiger partial charge in [0.2, 0.25) is 5.91 Å². The second-order valence-electron chi connectivity index (χ2n) is 5.80. The van der Waals surface area contributed by atoms with Gasteiger partial charge in [-0.3, -0.25) is 14.6 Å². The predicted molar refractivity (Wildman–Crippen MR) is 80.2 cm³/mol. The van der Waals surface area contributed by atoms with E-state index in [4.69, 9.17) is 5.26 Å². The number of nitrogens with zero attached hydrogens (tertiary/aromatic N) is 3. The molecule has 5 heteroatoms. The van der Waals surface area contributed by atoms with Crippen molar-refractivity contribution in [3.05, 3.63) is 0 Å². The molecule has 1 amide bonds. The largest absolute Gasteiger partial charge is 0.355 e. The van der Waals surface area contributed by atoms with E-state index in [1.54, 1.807) is 0 Å². The van der Waals surface area contributed by atoms with Crippen molar-refractivity contribution >= 4 is 5.91 Å². The molecule has 1 fully saturated rings. The van der Waals surface area contributed by atoms with Gasteiger partial charge in [0.25, 0.3) is 0 Å². The van der Waals surface area contributed by atoms with Crippen LogP contribution in [-0.2, 0) is 4.79 Å². The Hall–Kier alpha value is -1.12. The third kappa shape index (κ3) is 4.46. The van der Waals surface area contributed by atoms with Gasteiger partial charge in [0.15, 0.2) is 0 Å². The van der Waals surface area contributed by atoms with Gasteiger partial charge in [-0.05, 0) is 27.2 Å². The van der Waals surface area contributed by atoms with E-state index >= 15 is 0 Å². The van der Waals surface area contributed by atoms with Crippen LogP contribution in [0, 0.1) is 11.3 Å². The van der Waals surface area contributed by atoms with Crippen LogP contribution in [0.2, 0.25) is 0 Å². The molecular formula is C15H28N4O. The van der Waals surface area contributed by atoms with Crippen molar-refractivity contribution in [2.75, 3.05) is 26.2 Å². The minimum atomic E-state index is -0.0963. The van der Waals surface area contributed by atoms with Gasteiger partial charge in [-0.25, -0.2) is 0 Å². The van der Waals surface area contributed by atoms with Crippen molar-refractivity contribution in [1.82, 2.24) is 15.1 Å². The molecule has 0 aromatic carbocycles. The monoisotopic (exact) mass is 280 g/mol. The maximum Gasteiger partial charge on any atom is 0.237 e. The molecule has 0 bridgehead atoms. The molecule has 0 aliphatic carbocycles. The first kappa shape index (κ1) is 16.9. The molecular weight excluding hydrogens is 252 g/mol. The van der Waals surface area contributed by atoms with Gasteiger partial charge in [-0.15, -0.1) is 0 Å². The summed E-state index contributed by atoms with van der Waals surface area (Å²) in [6.07, 6.45) is 2.12. The second-order valence-corrected chi connectivity index (χ2v) is 5.80. The van der Waals surface area contributed by atoms with Crippen molar-refractivity contribution in [2.45, 2.75) is 58.7 Å². The van der Waals surface area contributed by atoms with Gasteiger partial charge in [-0.1, -0.05) is 13.3 Å². The quantitative estimate of drug-likeness (QED) is 0.587. The van der Waals surface area contributed by atoms with Crippen LogP contribution in [0.3, 0.4) is 0 Å². The Labute approximate surface area is 122 Å². The lowest BCUT2D eigenvalue weighted by Gasteiger charge is -2.45. The molecule has 0 saturated carbocycles. The van der Waals surface area contributed by atoms with E-state index in [1.807, 2.05) is 6.92 Å². The van der Waals surface area contributed by atoms with Crippen LogP contribution < -0.4 is 5.32 Å². The van der Waals surface area contributed by atoms with Crippen LogP contribution in [0.25, 0.3) is 0 Å². The molecule has 0 radical (unpaired) electrons. The van der Waals surface area contributed by atoms with Crippen LogP contribution in [0.5, 0.6) is 0 Å². The Morgan fingerprint density at radius 1 is 1.40 bits per heavy atom. The second kappa shape index (κ2) is 8.23. The molecule has 1 aliphatic heterocycles. The number of hydrogen-bond donors (Lipinski definition) is 1. The molecule has 20 heavy (non-hydrogen) atoms. The molecule has 1 saturated heterocycles. The number of unbranched alkanes of at least 4 members (excludes halogenated alkanes) is 1. The van der Waals surface area contributed by atoms with Crippen molar-refractivity contribution in [1.29, 1.82) is 5.26 Å². The summed E-state index contributed by atoms with van der Waals surface area (Å²) in [6, 6.07) is 2.75.